The van der Waals surface area contributed by atoms with Crippen LogP contribution in [0.5, 0.6) is 0 Å². The molecular weight excluding hydrogens is 239 g/mol. The summed E-state index contributed by atoms with van der Waals surface area (Å²) in [5, 5.41) is 2.76. The zero-order valence-electron chi connectivity index (χ0n) is 8.71. The van der Waals surface area contributed by atoms with Gasteiger partial charge in [-0.15, -0.1) is 0 Å². The Morgan fingerprint density at radius 2 is 2.19 bits per heavy atom. The van der Waals surface area contributed by atoms with Crippen molar-refractivity contribution >= 4 is 17.7 Å². The predicted molar refractivity (Wildman–Crippen MR) is 58.5 cm³/mol. The second-order valence-corrected chi connectivity index (χ2v) is 4.02. The Morgan fingerprint density at radius 1 is 1.44 bits per heavy atom. The smallest absolute Gasteiger partial charge is 0.354 e. The summed E-state index contributed by atoms with van der Waals surface area (Å²) in [6.45, 7) is 0.572. The van der Waals surface area contributed by atoms with Crippen LogP contribution in [-0.4, -0.2) is 28.5 Å². The fraction of sp³-hybridized carbons (Fsp3) is 0.556. The molecule has 0 aliphatic rings. The molecular formula is C9H12F3N3S. The Hall–Kier alpha value is -0.980. The van der Waals surface area contributed by atoms with Gasteiger partial charge in [-0.25, -0.2) is 9.97 Å². The molecule has 1 rings (SSSR count). The molecule has 0 radical (unpaired) electrons. The Bertz CT molecular complexity index is 330. The zero-order chi connectivity index (χ0) is 12.0. The average Bonchev–Trinajstić information content (AvgIpc) is 2.24. The molecule has 1 aromatic heterocycles. The fourth-order valence-electron chi connectivity index (χ4n) is 1.02. The molecule has 0 saturated carbocycles. The third-order valence-electron chi connectivity index (χ3n) is 1.75. The van der Waals surface area contributed by atoms with Crippen LogP contribution in [0.2, 0.25) is 0 Å². The van der Waals surface area contributed by atoms with Crippen molar-refractivity contribution in [2.24, 2.45) is 0 Å². The molecule has 7 heteroatoms. The second-order valence-electron chi connectivity index (χ2n) is 3.04. The number of aromatic nitrogens is 2. The van der Waals surface area contributed by atoms with Crippen molar-refractivity contribution in [1.29, 1.82) is 0 Å². The number of alkyl halides is 3. The van der Waals surface area contributed by atoms with Gasteiger partial charge in [0.1, 0.15) is 5.69 Å². The lowest BCUT2D eigenvalue weighted by Crippen LogP contribution is -2.12. The Morgan fingerprint density at radius 3 is 2.81 bits per heavy atom. The van der Waals surface area contributed by atoms with Crippen LogP contribution in [0.3, 0.4) is 0 Å². The van der Waals surface area contributed by atoms with Crippen LogP contribution in [-0.2, 0) is 6.18 Å². The molecule has 1 aromatic rings. The highest BCUT2D eigenvalue weighted by Gasteiger charge is 2.32. The van der Waals surface area contributed by atoms with Crippen molar-refractivity contribution in [1.82, 2.24) is 9.97 Å². The van der Waals surface area contributed by atoms with E-state index in [0.717, 1.165) is 24.4 Å². The molecule has 0 atom stereocenters. The largest absolute Gasteiger partial charge is 0.433 e. The van der Waals surface area contributed by atoms with Crippen LogP contribution in [0.25, 0.3) is 0 Å². The van der Waals surface area contributed by atoms with Crippen molar-refractivity contribution in [3.63, 3.8) is 0 Å². The summed E-state index contributed by atoms with van der Waals surface area (Å²) in [6, 6.07) is 0.854. The molecule has 1 heterocycles. The number of hydrogen-bond donors (Lipinski definition) is 1. The first-order chi connectivity index (χ1) is 7.54. The summed E-state index contributed by atoms with van der Waals surface area (Å²) in [4.78, 5) is 7.11. The molecule has 0 fully saturated rings. The molecule has 0 unspecified atom stereocenters. The minimum Gasteiger partial charge on any atom is -0.354 e. The van der Waals surface area contributed by atoms with E-state index in [1.54, 1.807) is 11.8 Å². The molecule has 0 amide bonds. The van der Waals surface area contributed by atoms with Gasteiger partial charge in [-0.2, -0.15) is 24.9 Å². The van der Waals surface area contributed by atoms with E-state index in [1.807, 2.05) is 6.26 Å². The van der Waals surface area contributed by atoms with Crippen LogP contribution in [0.1, 0.15) is 12.1 Å². The van der Waals surface area contributed by atoms with Crippen LogP contribution in [0.15, 0.2) is 12.3 Å². The van der Waals surface area contributed by atoms with Crippen molar-refractivity contribution in [3.05, 3.63) is 18.0 Å². The summed E-state index contributed by atoms with van der Waals surface area (Å²) >= 11 is 1.68. The standard InChI is InChI=1S/C9H12F3N3S/c1-16-6-2-4-13-8-14-5-3-7(15-8)9(10,11)12/h3,5H,2,4,6H2,1H3,(H,13,14,15). The number of halogens is 3. The van der Waals surface area contributed by atoms with Gasteiger partial charge in [0.2, 0.25) is 5.95 Å². The highest BCUT2D eigenvalue weighted by atomic mass is 32.2. The van der Waals surface area contributed by atoms with E-state index in [0.29, 0.717) is 6.54 Å². The molecule has 0 aliphatic heterocycles. The SMILES string of the molecule is CSCCCNc1nccc(C(F)(F)F)n1. The van der Waals surface area contributed by atoms with Gasteiger partial charge in [-0.1, -0.05) is 0 Å². The van der Waals surface area contributed by atoms with E-state index in [4.69, 9.17) is 0 Å². The third kappa shape index (κ3) is 4.26. The highest BCUT2D eigenvalue weighted by Crippen LogP contribution is 2.27. The van der Waals surface area contributed by atoms with Crippen molar-refractivity contribution in [2.45, 2.75) is 12.6 Å². The van der Waals surface area contributed by atoms with E-state index in [2.05, 4.69) is 15.3 Å². The lowest BCUT2D eigenvalue weighted by Gasteiger charge is -2.08. The minimum atomic E-state index is -4.42. The monoisotopic (exact) mass is 251 g/mol. The maximum Gasteiger partial charge on any atom is 0.433 e. The number of nitrogens with one attached hydrogen (secondary N) is 1. The predicted octanol–water partition coefficient (Wildman–Crippen LogP) is 2.66. The molecule has 3 nitrogen and oxygen atoms in total. The van der Waals surface area contributed by atoms with Gasteiger partial charge < -0.3 is 5.32 Å². The maximum atomic E-state index is 12.3. The molecule has 0 aromatic carbocycles. The van der Waals surface area contributed by atoms with Crippen LogP contribution >= 0.6 is 11.8 Å². The molecule has 90 valence electrons. The summed E-state index contributed by atoms with van der Waals surface area (Å²) in [5.74, 6) is 0.974. The number of anilines is 1. The van der Waals surface area contributed by atoms with Crippen LogP contribution in [0.4, 0.5) is 19.1 Å². The van der Waals surface area contributed by atoms with E-state index in [1.165, 1.54) is 0 Å². The minimum absolute atomic E-state index is 0.0240. The van der Waals surface area contributed by atoms with Crippen molar-refractivity contribution < 1.29 is 13.2 Å². The van der Waals surface area contributed by atoms with Gasteiger partial charge in [0.25, 0.3) is 0 Å². The van der Waals surface area contributed by atoms with Gasteiger partial charge in [0.15, 0.2) is 0 Å². The average molecular weight is 251 g/mol. The molecule has 0 saturated heterocycles. The van der Waals surface area contributed by atoms with Gasteiger partial charge in [-0.05, 0) is 24.5 Å². The Kier molecular flexibility index (Phi) is 4.85. The van der Waals surface area contributed by atoms with E-state index >= 15 is 0 Å². The van der Waals surface area contributed by atoms with E-state index in [-0.39, 0.29) is 5.95 Å². The highest BCUT2D eigenvalue weighted by molar-refractivity contribution is 7.98. The first kappa shape index (κ1) is 13.1. The lowest BCUT2D eigenvalue weighted by molar-refractivity contribution is -0.141. The lowest BCUT2D eigenvalue weighted by atomic mass is 10.4. The first-order valence-electron chi connectivity index (χ1n) is 4.67. The van der Waals surface area contributed by atoms with Gasteiger partial charge in [-0.3, -0.25) is 0 Å². The van der Waals surface area contributed by atoms with Gasteiger partial charge in [0.05, 0.1) is 0 Å². The normalized spacial score (nSPS) is 11.5. The first-order valence-corrected chi connectivity index (χ1v) is 6.06. The van der Waals surface area contributed by atoms with Gasteiger partial charge >= 0.3 is 6.18 Å². The van der Waals surface area contributed by atoms with Crippen LogP contribution < -0.4 is 5.32 Å². The summed E-state index contributed by atoms with van der Waals surface area (Å²) in [5.41, 5.74) is -0.921. The number of nitrogens with zero attached hydrogens (tertiary/aromatic N) is 2. The fourth-order valence-corrected chi connectivity index (χ4v) is 1.45. The van der Waals surface area contributed by atoms with Crippen molar-refractivity contribution in [2.75, 3.05) is 23.9 Å². The zero-order valence-corrected chi connectivity index (χ0v) is 9.53. The summed E-state index contributed by atoms with van der Waals surface area (Å²) in [7, 11) is 0. The quantitative estimate of drug-likeness (QED) is 0.816. The number of thioether (sulfide) groups is 1. The molecule has 16 heavy (non-hydrogen) atoms. The summed E-state index contributed by atoms with van der Waals surface area (Å²) < 4.78 is 36.9. The second kappa shape index (κ2) is 5.93. The molecule has 1 N–H and O–H groups in total. The number of rotatable bonds is 5. The van der Waals surface area contributed by atoms with E-state index in [9.17, 15) is 13.2 Å². The maximum absolute atomic E-state index is 12.3. The van der Waals surface area contributed by atoms with Crippen LogP contribution in [0, 0.1) is 0 Å². The Labute approximate surface area is 95.9 Å². The Balaban J connectivity index is 2.54. The van der Waals surface area contributed by atoms with Gasteiger partial charge in [0, 0.05) is 12.7 Å². The van der Waals surface area contributed by atoms with E-state index < -0.39 is 11.9 Å². The molecule has 0 bridgehead atoms. The molecule has 0 aliphatic carbocycles. The molecule has 0 spiro atoms. The topological polar surface area (TPSA) is 37.8 Å². The third-order valence-corrected chi connectivity index (χ3v) is 2.45. The van der Waals surface area contributed by atoms with Crippen molar-refractivity contribution in [3.8, 4) is 0 Å². The number of hydrogen-bond acceptors (Lipinski definition) is 4. The summed E-state index contributed by atoms with van der Waals surface area (Å²) in [6.07, 6.45) is -0.479.